The van der Waals surface area contributed by atoms with Crippen molar-refractivity contribution in [2.45, 2.75) is 166 Å². The van der Waals surface area contributed by atoms with E-state index in [2.05, 4.69) is 135 Å². The third-order valence-electron chi connectivity index (χ3n) is 9.37. The monoisotopic (exact) mass is 837 g/mol. The summed E-state index contributed by atoms with van der Waals surface area (Å²) in [6.45, 7) is 4.11. The van der Waals surface area contributed by atoms with E-state index < -0.39 is 43.4 Å². The van der Waals surface area contributed by atoms with Crippen molar-refractivity contribution >= 4 is 5.97 Å². The molecule has 9 heteroatoms. The van der Waals surface area contributed by atoms with Crippen molar-refractivity contribution in [2.75, 3.05) is 26.4 Å². The average Bonchev–Trinajstić information content (AvgIpc) is 3.25. The number of ether oxygens (including phenoxy) is 4. The first-order valence-electron chi connectivity index (χ1n) is 22.6. The van der Waals surface area contributed by atoms with Crippen LogP contribution >= 0.6 is 0 Å². The third kappa shape index (κ3) is 31.5. The molecule has 9 nitrogen and oxygen atoms in total. The standard InChI is InChI=1S/C51H80O9/c1-3-5-7-9-11-13-15-17-19-21-22-23-25-27-29-31-33-35-37-39-41-57-43-45(44-58-51-50(56)49(55)48(54)46(42-52)60-51)59-47(53)40-38-36-34-32-30-28-26-24-20-18-16-14-12-10-8-6-4-2/h5-8,11-14,17-20,22-23,26-29,33,35,45-46,48-52,54-56H,3-4,9-10,15-16,21,24-25,30-32,34,36-44H2,1-2H3/b7-5-,8-6-,13-11-,14-12-,19-17-,20-18-,23-22-,28-26-,29-27-,35-33-. The van der Waals surface area contributed by atoms with E-state index in [9.17, 15) is 25.2 Å². The van der Waals surface area contributed by atoms with Crippen LogP contribution in [0.2, 0.25) is 0 Å². The summed E-state index contributed by atoms with van der Waals surface area (Å²) in [5, 5.41) is 40.1. The Morgan fingerprint density at radius 3 is 1.43 bits per heavy atom. The van der Waals surface area contributed by atoms with Gasteiger partial charge in [0.15, 0.2) is 6.29 Å². The summed E-state index contributed by atoms with van der Waals surface area (Å²) in [4.78, 5) is 12.8. The van der Waals surface area contributed by atoms with Gasteiger partial charge in [0.1, 0.15) is 30.5 Å². The van der Waals surface area contributed by atoms with Crippen LogP contribution in [-0.4, -0.2) is 89.6 Å². The molecule has 60 heavy (non-hydrogen) atoms. The zero-order chi connectivity index (χ0) is 43.6. The van der Waals surface area contributed by atoms with E-state index in [1.165, 1.54) is 0 Å². The summed E-state index contributed by atoms with van der Waals surface area (Å²) >= 11 is 0. The number of unbranched alkanes of at least 4 members (excludes halogenated alkanes) is 5. The SMILES string of the molecule is CC/C=C\C/C=C\C/C=C\C/C=C\C/C=C\C/C=C\CCCOCC(COC1OC(CO)C(O)C(O)C1O)OC(=O)CCCCCC/C=C\C/C=C\C/C=C\C/C=C\CC. The van der Waals surface area contributed by atoms with E-state index in [0.29, 0.717) is 13.0 Å². The Morgan fingerprint density at radius 1 is 0.533 bits per heavy atom. The third-order valence-corrected chi connectivity index (χ3v) is 9.37. The molecule has 0 aromatic rings. The summed E-state index contributed by atoms with van der Waals surface area (Å²) in [6.07, 6.45) is 52.3. The summed E-state index contributed by atoms with van der Waals surface area (Å²) in [6, 6.07) is 0. The van der Waals surface area contributed by atoms with Crippen molar-refractivity contribution in [1.82, 2.24) is 0 Å². The van der Waals surface area contributed by atoms with Crippen molar-refractivity contribution in [1.29, 1.82) is 0 Å². The van der Waals surface area contributed by atoms with E-state index >= 15 is 0 Å². The van der Waals surface area contributed by atoms with Gasteiger partial charge in [0.25, 0.3) is 0 Å². The maximum Gasteiger partial charge on any atom is 0.306 e. The zero-order valence-electron chi connectivity index (χ0n) is 36.9. The van der Waals surface area contributed by atoms with Gasteiger partial charge < -0.3 is 39.4 Å². The largest absolute Gasteiger partial charge is 0.457 e. The van der Waals surface area contributed by atoms with Gasteiger partial charge in [-0.3, -0.25) is 4.79 Å². The molecule has 0 aromatic carbocycles. The Hall–Kier alpha value is -3.41. The fourth-order valence-corrected chi connectivity index (χ4v) is 5.91. The summed E-state index contributed by atoms with van der Waals surface area (Å²) in [5.74, 6) is -0.363. The van der Waals surface area contributed by atoms with E-state index in [1.807, 2.05) is 0 Å². The molecule has 0 aromatic heterocycles. The highest BCUT2D eigenvalue weighted by Gasteiger charge is 2.44. The molecule has 0 spiro atoms. The Balaban J connectivity index is 2.35. The highest BCUT2D eigenvalue weighted by molar-refractivity contribution is 5.69. The Morgan fingerprint density at radius 2 is 0.967 bits per heavy atom. The molecule has 1 aliphatic rings. The van der Waals surface area contributed by atoms with E-state index in [-0.39, 0.29) is 25.6 Å². The minimum atomic E-state index is -1.56. The molecule has 0 bridgehead atoms. The van der Waals surface area contributed by atoms with E-state index in [1.54, 1.807) is 0 Å². The molecule has 1 fully saturated rings. The lowest BCUT2D eigenvalue weighted by Crippen LogP contribution is -2.59. The number of carbonyl (C=O) groups excluding carboxylic acids is 1. The molecule has 1 saturated heterocycles. The van der Waals surface area contributed by atoms with Crippen molar-refractivity contribution in [3.05, 3.63) is 122 Å². The first-order chi connectivity index (χ1) is 29.4. The average molecular weight is 837 g/mol. The maximum atomic E-state index is 12.8. The smallest absolute Gasteiger partial charge is 0.306 e. The van der Waals surface area contributed by atoms with Crippen LogP contribution in [0, 0.1) is 0 Å². The topological polar surface area (TPSA) is 135 Å². The van der Waals surface area contributed by atoms with Crippen LogP contribution in [0.15, 0.2) is 122 Å². The highest BCUT2D eigenvalue weighted by Crippen LogP contribution is 2.22. The second-order valence-corrected chi connectivity index (χ2v) is 14.7. The number of rotatable bonds is 36. The fourth-order valence-electron chi connectivity index (χ4n) is 5.91. The Labute approximate surface area is 363 Å². The van der Waals surface area contributed by atoms with Crippen LogP contribution in [0.5, 0.6) is 0 Å². The van der Waals surface area contributed by atoms with Gasteiger partial charge in [0.05, 0.1) is 19.8 Å². The van der Waals surface area contributed by atoms with Gasteiger partial charge in [-0.15, -0.1) is 0 Å². The summed E-state index contributed by atoms with van der Waals surface area (Å²) < 4.78 is 22.7. The summed E-state index contributed by atoms with van der Waals surface area (Å²) in [7, 11) is 0. The van der Waals surface area contributed by atoms with Crippen molar-refractivity contribution in [3.63, 3.8) is 0 Å². The van der Waals surface area contributed by atoms with Crippen LogP contribution in [-0.2, 0) is 23.7 Å². The Kier molecular flexibility index (Phi) is 37.3. The minimum absolute atomic E-state index is 0.0851. The van der Waals surface area contributed by atoms with Gasteiger partial charge in [0, 0.05) is 13.0 Å². The van der Waals surface area contributed by atoms with Crippen LogP contribution in [0.25, 0.3) is 0 Å². The van der Waals surface area contributed by atoms with Crippen LogP contribution < -0.4 is 0 Å². The van der Waals surface area contributed by atoms with Crippen LogP contribution in [0.4, 0.5) is 0 Å². The number of hydrogen-bond donors (Lipinski definition) is 4. The number of aliphatic hydroxyl groups is 4. The lowest BCUT2D eigenvalue weighted by molar-refractivity contribution is -0.305. The van der Waals surface area contributed by atoms with Gasteiger partial charge in [-0.2, -0.15) is 0 Å². The van der Waals surface area contributed by atoms with Gasteiger partial charge in [0.2, 0.25) is 0 Å². The number of carbonyl (C=O) groups is 1. The molecule has 6 unspecified atom stereocenters. The molecule has 0 radical (unpaired) electrons. The van der Waals surface area contributed by atoms with Gasteiger partial charge in [-0.1, -0.05) is 148 Å². The first kappa shape index (κ1) is 54.6. The van der Waals surface area contributed by atoms with Crippen molar-refractivity contribution in [2.24, 2.45) is 0 Å². The second kappa shape index (κ2) is 41.0. The lowest BCUT2D eigenvalue weighted by Gasteiger charge is -2.39. The molecule has 0 saturated carbocycles. The normalized spacial score (nSPS) is 21.2. The number of aliphatic hydroxyl groups excluding tert-OH is 4. The number of esters is 1. The van der Waals surface area contributed by atoms with Crippen molar-refractivity contribution < 1.29 is 44.2 Å². The van der Waals surface area contributed by atoms with E-state index in [0.717, 1.165) is 103 Å². The lowest BCUT2D eigenvalue weighted by atomic mass is 9.99. The second-order valence-electron chi connectivity index (χ2n) is 14.7. The minimum Gasteiger partial charge on any atom is -0.457 e. The molecule has 1 rings (SSSR count). The summed E-state index contributed by atoms with van der Waals surface area (Å²) in [5.41, 5.74) is 0. The molecule has 6 atom stereocenters. The van der Waals surface area contributed by atoms with Gasteiger partial charge in [-0.25, -0.2) is 0 Å². The molecule has 0 amide bonds. The highest BCUT2D eigenvalue weighted by atomic mass is 16.7. The molecular formula is C51H80O9. The van der Waals surface area contributed by atoms with Gasteiger partial charge in [-0.05, 0) is 96.3 Å². The fraction of sp³-hybridized carbons (Fsp3) is 0.588. The Bertz CT molecular complexity index is 1320. The number of allylic oxidation sites excluding steroid dienone is 20. The quantitative estimate of drug-likeness (QED) is 0.0276. The predicted octanol–water partition coefficient (Wildman–Crippen LogP) is 10.4. The van der Waals surface area contributed by atoms with Gasteiger partial charge >= 0.3 is 5.97 Å². The molecule has 338 valence electrons. The molecule has 1 aliphatic heterocycles. The molecule has 1 heterocycles. The molecular weight excluding hydrogens is 757 g/mol. The zero-order valence-corrected chi connectivity index (χ0v) is 36.9. The van der Waals surface area contributed by atoms with Crippen LogP contribution in [0.1, 0.15) is 129 Å². The number of hydrogen-bond acceptors (Lipinski definition) is 9. The molecule has 0 aliphatic carbocycles. The predicted molar refractivity (Wildman–Crippen MR) is 246 cm³/mol. The first-order valence-corrected chi connectivity index (χ1v) is 22.6. The maximum absolute atomic E-state index is 12.8. The molecule has 4 N–H and O–H groups in total. The van der Waals surface area contributed by atoms with Crippen molar-refractivity contribution in [3.8, 4) is 0 Å². The van der Waals surface area contributed by atoms with E-state index in [4.69, 9.17) is 18.9 Å². The van der Waals surface area contributed by atoms with Crippen LogP contribution in [0.3, 0.4) is 0 Å².